The lowest BCUT2D eigenvalue weighted by molar-refractivity contribution is -0.0927. The molecule has 0 aliphatic carbocycles. The molecule has 100 valence electrons. The average Bonchev–Trinajstić information content (AvgIpc) is 2.19. The maximum Gasteiger partial charge on any atom is 0.123 e. The van der Waals surface area contributed by atoms with Gasteiger partial charge in [-0.3, -0.25) is 0 Å². The van der Waals surface area contributed by atoms with Crippen LogP contribution in [0.5, 0.6) is 5.75 Å². The molecule has 4 heteroatoms. The van der Waals surface area contributed by atoms with Crippen molar-refractivity contribution in [3.63, 3.8) is 0 Å². The fourth-order valence-electron chi connectivity index (χ4n) is 2.38. The molecule has 0 atom stereocenters. The summed E-state index contributed by atoms with van der Waals surface area (Å²) in [6.45, 7) is 7.20. The zero-order valence-corrected chi connectivity index (χ0v) is 12.1. The van der Waals surface area contributed by atoms with Crippen molar-refractivity contribution in [2.45, 2.75) is 31.7 Å². The van der Waals surface area contributed by atoms with Crippen LogP contribution in [0.1, 0.15) is 25.0 Å². The summed E-state index contributed by atoms with van der Waals surface area (Å²) in [5.74, 6) is 0.832. The highest BCUT2D eigenvalue weighted by molar-refractivity contribution is 6.31. The zero-order chi connectivity index (χ0) is 13.6. The molecule has 0 saturated carbocycles. The molecule has 0 bridgehead atoms. The van der Waals surface area contributed by atoms with E-state index in [0.717, 1.165) is 21.9 Å². The number of benzene rings is 1. The van der Waals surface area contributed by atoms with Crippen LogP contribution >= 0.6 is 11.6 Å². The molecule has 0 spiro atoms. The van der Waals surface area contributed by atoms with Crippen molar-refractivity contribution in [2.75, 3.05) is 20.3 Å². The minimum Gasteiger partial charge on any atom is -0.496 e. The molecule has 3 nitrogen and oxygen atoms in total. The molecule has 0 radical (unpaired) electrons. The summed E-state index contributed by atoms with van der Waals surface area (Å²) in [6.07, 6.45) is 0. The second-order valence-electron chi connectivity index (χ2n) is 5.60. The molecule has 0 aromatic heterocycles. The van der Waals surface area contributed by atoms with Gasteiger partial charge in [-0.2, -0.15) is 0 Å². The van der Waals surface area contributed by atoms with E-state index in [4.69, 9.17) is 26.8 Å². The van der Waals surface area contributed by atoms with E-state index in [2.05, 4.69) is 0 Å². The summed E-state index contributed by atoms with van der Waals surface area (Å²) in [7, 11) is 1.67. The van der Waals surface area contributed by atoms with Gasteiger partial charge < -0.3 is 15.2 Å². The molecule has 0 unspecified atom stereocenters. The third-order valence-corrected chi connectivity index (χ3v) is 4.33. The topological polar surface area (TPSA) is 44.5 Å². The van der Waals surface area contributed by atoms with Crippen LogP contribution in [0.25, 0.3) is 0 Å². The maximum absolute atomic E-state index is 6.34. The highest BCUT2D eigenvalue weighted by atomic mass is 35.5. The van der Waals surface area contributed by atoms with E-state index in [1.54, 1.807) is 7.11 Å². The van der Waals surface area contributed by atoms with Crippen molar-refractivity contribution in [2.24, 2.45) is 5.73 Å². The first-order chi connectivity index (χ1) is 8.32. The molecule has 2 N–H and O–H groups in total. The van der Waals surface area contributed by atoms with Crippen molar-refractivity contribution in [1.29, 1.82) is 0 Å². The lowest BCUT2D eigenvalue weighted by Crippen LogP contribution is -2.64. The number of halogens is 1. The van der Waals surface area contributed by atoms with Crippen LogP contribution in [0.15, 0.2) is 12.1 Å². The highest BCUT2D eigenvalue weighted by Gasteiger charge is 2.52. The van der Waals surface area contributed by atoms with Crippen LogP contribution < -0.4 is 10.5 Å². The van der Waals surface area contributed by atoms with Gasteiger partial charge in [0, 0.05) is 16.1 Å². The Bertz CT molecular complexity index is 462. The van der Waals surface area contributed by atoms with Crippen molar-refractivity contribution in [3.05, 3.63) is 28.3 Å². The monoisotopic (exact) mass is 269 g/mol. The molecule has 18 heavy (non-hydrogen) atoms. The van der Waals surface area contributed by atoms with Crippen molar-refractivity contribution in [3.8, 4) is 5.75 Å². The molecule has 1 heterocycles. The lowest BCUT2D eigenvalue weighted by Gasteiger charge is -2.51. The average molecular weight is 270 g/mol. The van der Waals surface area contributed by atoms with E-state index in [9.17, 15) is 0 Å². The molecule has 1 saturated heterocycles. The van der Waals surface area contributed by atoms with E-state index in [1.165, 1.54) is 0 Å². The molecule has 1 aliphatic rings. The van der Waals surface area contributed by atoms with Crippen LogP contribution in [0.4, 0.5) is 0 Å². The Morgan fingerprint density at radius 3 is 2.39 bits per heavy atom. The zero-order valence-electron chi connectivity index (χ0n) is 11.3. The first kappa shape index (κ1) is 13.7. The quantitative estimate of drug-likeness (QED) is 0.918. The molecule has 1 aliphatic heterocycles. The third kappa shape index (κ3) is 1.91. The van der Waals surface area contributed by atoms with Gasteiger partial charge in [-0.1, -0.05) is 11.6 Å². The highest BCUT2D eigenvalue weighted by Crippen LogP contribution is 2.45. The van der Waals surface area contributed by atoms with E-state index in [1.807, 2.05) is 32.9 Å². The van der Waals surface area contributed by atoms with Gasteiger partial charge in [-0.15, -0.1) is 0 Å². The third-order valence-electron chi connectivity index (χ3n) is 3.93. The van der Waals surface area contributed by atoms with Crippen molar-refractivity contribution < 1.29 is 9.47 Å². The number of hydrogen-bond acceptors (Lipinski definition) is 3. The van der Waals surface area contributed by atoms with Crippen LogP contribution in [0, 0.1) is 6.92 Å². The predicted octanol–water partition coefficient (Wildman–Crippen LogP) is 2.66. The first-order valence-corrected chi connectivity index (χ1v) is 6.41. The number of ether oxygens (including phenoxy) is 2. The predicted molar refractivity (Wildman–Crippen MR) is 73.5 cm³/mol. The first-order valence-electron chi connectivity index (χ1n) is 6.03. The molecule has 1 aromatic rings. The van der Waals surface area contributed by atoms with Gasteiger partial charge in [0.15, 0.2) is 0 Å². The van der Waals surface area contributed by atoms with Crippen molar-refractivity contribution >= 4 is 11.6 Å². The molecule has 1 fully saturated rings. The Balaban J connectivity index is 2.59. The number of hydrogen-bond donors (Lipinski definition) is 1. The van der Waals surface area contributed by atoms with Gasteiger partial charge in [0.1, 0.15) is 5.75 Å². The molecular weight excluding hydrogens is 250 g/mol. The van der Waals surface area contributed by atoms with E-state index < -0.39 is 5.54 Å². The number of nitrogens with two attached hydrogens (primary N) is 1. The van der Waals surface area contributed by atoms with Gasteiger partial charge in [0.2, 0.25) is 0 Å². The number of aryl methyl sites for hydroxylation is 1. The summed E-state index contributed by atoms with van der Waals surface area (Å²) < 4.78 is 10.9. The second-order valence-corrected chi connectivity index (χ2v) is 6.01. The Morgan fingerprint density at radius 2 is 2.00 bits per heavy atom. The molecule has 2 rings (SSSR count). The Morgan fingerprint density at radius 1 is 1.39 bits per heavy atom. The van der Waals surface area contributed by atoms with Gasteiger partial charge in [0.25, 0.3) is 0 Å². The van der Waals surface area contributed by atoms with Crippen LogP contribution in [0.2, 0.25) is 5.02 Å². The maximum atomic E-state index is 6.34. The molecular formula is C14H20ClNO2. The normalized spacial score (nSPS) is 18.3. The summed E-state index contributed by atoms with van der Waals surface area (Å²) in [6, 6.07) is 3.93. The smallest absolute Gasteiger partial charge is 0.123 e. The fraction of sp³-hybridized carbons (Fsp3) is 0.571. The number of rotatable bonds is 3. The molecule has 1 aromatic carbocycles. The van der Waals surface area contributed by atoms with E-state index in [0.29, 0.717) is 13.2 Å². The van der Waals surface area contributed by atoms with Gasteiger partial charge in [-0.25, -0.2) is 0 Å². The van der Waals surface area contributed by atoms with Gasteiger partial charge in [0.05, 0.1) is 25.7 Å². The summed E-state index contributed by atoms with van der Waals surface area (Å²) >= 11 is 6.24. The summed E-state index contributed by atoms with van der Waals surface area (Å²) in [5.41, 5.74) is 7.77. The number of methoxy groups -OCH3 is 1. The second kappa shape index (κ2) is 4.41. The van der Waals surface area contributed by atoms with Gasteiger partial charge in [-0.05, 0) is 38.5 Å². The Kier molecular flexibility index (Phi) is 3.34. The van der Waals surface area contributed by atoms with Crippen LogP contribution in [-0.4, -0.2) is 25.9 Å². The van der Waals surface area contributed by atoms with Crippen LogP contribution in [0.3, 0.4) is 0 Å². The van der Waals surface area contributed by atoms with Crippen molar-refractivity contribution in [1.82, 2.24) is 0 Å². The van der Waals surface area contributed by atoms with E-state index in [-0.39, 0.29) is 5.41 Å². The Labute approximate surface area is 113 Å². The fourth-order valence-corrected chi connectivity index (χ4v) is 2.54. The lowest BCUT2D eigenvalue weighted by atomic mass is 9.65. The summed E-state index contributed by atoms with van der Waals surface area (Å²) in [5, 5.41) is 0.737. The van der Waals surface area contributed by atoms with Gasteiger partial charge >= 0.3 is 0 Å². The Hall–Kier alpha value is -0.770. The largest absolute Gasteiger partial charge is 0.496 e. The molecule has 0 amide bonds. The van der Waals surface area contributed by atoms with Crippen LogP contribution in [-0.2, 0) is 10.2 Å². The SMILES string of the molecule is COc1cc(C)c(Cl)cc1C1(C(C)(C)N)COC1. The summed E-state index contributed by atoms with van der Waals surface area (Å²) in [4.78, 5) is 0. The minimum absolute atomic E-state index is 0.227. The standard InChI is InChI=1S/C14H20ClNO2/c1-9-5-12(17-4)10(6-11(9)15)14(7-18-8-14)13(2,3)16/h5-6H,7-8,16H2,1-4H3. The van der Waals surface area contributed by atoms with E-state index >= 15 is 0 Å². The minimum atomic E-state index is -0.392.